The molecule has 0 aromatic heterocycles. The van der Waals surface area contributed by atoms with Crippen LogP contribution in [0.4, 0.5) is 8.78 Å². The molecule has 1 atom stereocenters. The van der Waals surface area contributed by atoms with Crippen LogP contribution in [0.15, 0.2) is 24.3 Å². The van der Waals surface area contributed by atoms with Crippen molar-refractivity contribution < 1.29 is 13.6 Å². The Hall–Kier alpha value is -2.00. The third-order valence-corrected chi connectivity index (χ3v) is 5.09. The molecule has 128 valence electrons. The quantitative estimate of drug-likeness (QED) is 0.854. The number of benzene rings is 1. The first kappa shape index (κ1) is 16.8. The van der Waals surface area contributed by atoms with Gasteiger partial charge in [-0.1, -0.05) is 18.2 Å². The third-order valence-electron chi connectivity index (χ3n) is 5.09. The fourth-order valence-corrected chi connectivity index (χ4v) is 4.04. The molecule has 2 fully saturated rings. The van der Waals surface area contributed by atoms with E-state index in [0.29, 0.717) is 31.6 Å². The maximum Gasteiger partial charge on any atom is 0.261 e. The average Bonchev–Trinajstić information content (AvgIpc) is 2.82. The maximum absolute atomic E-state index is 14.4. The van der Waals surface area contributed by atoms with Crippen LogP contribution in [0.3, 0.4) is 0 Å². The molecule has 1 amide bonds. The first-order valence-electron chi connectivity index (χ1n) is 8.27. The summed E-state index contributed by atoms with van der Waals surface area (Å²) in [6.45, 7) is 3.21. The second-order valence-electron chi connectivity index (χ2n) is 6.86. The van der Waals surface area contributed by atoms with Gasteiger partial charge < -0.3 is 4.90 Å². The molecule has 0 radical (unpaired) electrons. The predicted octanol–water partition coefficient (Wildman–Crippen LogP) is 2.64. The number of piperidine rings is 1. The lowest BCUT2D eigenvalue weighted by Gasteiger charge is -2.43. The fraction of sp³-hybridized carbons (Fsp3) is 0.556. The summed E-state index contributed by atoms with van der Waals surface area (Å²) < 4.78 is 28.7. The summed E-state index contributed by atoms with van der Waals surface area (Å²) in [7, 11) is 0. The van der Waals surface area contributed by atoms with Crippen molar-refractivity contribution in [1.82, 2.24) is 9.80 Å². The number of nitriles is 1. The van der Waals surface area contributed by atoms with Crippen molar-refractivity contribution in [3.05, 3.63) is 35.4 Å². The molecule has 2 aliphatic heterocycles. The van der Waals surface area contributed by atoms with E-state index in [1.807, 2.05) is 6.92 Å². The van der Waals surface area contributed by atoms with Crippen LogP contribution in [-0.2, 0) is 11.3 Å². The number of amides is 1. The molecule has 1 aromatic rings. The number of alkyl halides is 2. The van der Waals surface area contributed by atoms with Gasteiger partial charge in [0.2, 0.25) is 5.91 Å². The zero-order valence-electron chi connectivity index (χ0n) is 13.8. The van der Waals surface area contributed by atoms with E-state index < -0.39 is 11.3 Å². The number of likely N-dealkylation sites (tertiary alicyclic amines) is 2. The molecule has 0 saturated carbocycles. The van der Waals surface area contributed by atoms with E-state index in [9.17, 15) is 18.8 Å². The van der Waals surface area contributed by atoms with Gasteiger partial charge in [-0.3, -0.25) is 9.69 Å². The van der Waals surface area contributed by atoms with E-state index in [2.05, 4.69) is 6.07 Å². The first-order chi connectivity index (χ1) is 11.4. The third kappa shape index (κ3) is 3.01. The number of hydrogen-bond donors (Lipinski definition) is 0. The van der Waals surface area contributed by atoms with Gasteiger partial charge in [0, 0.05) is 32.6 Å². The van der Waals surface area contributed by atoms with E-state index in [4.69, 9.17) is 0 Å². The molecule has 4 nitrogen and oxygen atoms in total. The molecule has 0 aliphatic carbocycles. The monoisotopic (exact) mass is 333 g/mol. The molecule has 0 unspecified atom stereocenters. The van der Waals surface area contributed by atoms with Crippen molar-refractivity contribution in [2.45, 2.75) is 32.2 Å². The van der Waals surface area contributed by atoms with Crippen LogP contribution in [0.2, 0.25) is 0 Å². The Balaban J connectivity index is 1.85. The normalized spacial score (nSPS) is 26.8. The van der Waals surface area contributed by atoms with Gasteiger partial charge in [0.15, 0.2) is 0 Å². The highest BCUT2D eigenvalue weighted by Crippen LogP contribution is 2.45. The van der Waals surface area contributed by atoms with Crippen LogP contribution in [0.5, 0.6) is 0 Å². The molecule has 3 rings (SSSR count). The molecule has 2 heterocycles. The zero-order valence-corrected chi connectivity index (χ0v) is 13.8. The summed E-state index contributed by atoms with van der Waals surface area (Å²) in [5, 5.41) is 9.19. The summed E-state index contributed by atoms with van der Waals surface area (Å²) in [6, 6.07) is 9.13. The minimum Gasteiger partial charge on any atom is -0.342 e. The lowest BCUT2D eigenvalue weighted by atomic mass is 9.76. The molecule has 0 N–H and O–H groups in total. The number of rotatable bonds is 3. The molecule has 2 aliphatic rings. The van der Waals surface area contributed by atoms with Gasteiger partial charge in [0.05, 0.1) is 23.6 Å². The lowest BCUT2D eigenvalue weighted by Crippen LogP contribution is -2.55. The number of halogens is 2. The first-order valence-corrected chi connectivity index (χ1v) is 8.27. The van der Waals surface area contributed by atoms with Gasteiger partial charge in [-0.15, -0.1) is 0 Å². The van der Waals surface area contributed by atoms with Crippen molar-refractivity contribution in [2.24, 2.45) is 5.41 Å². The number of carbonyl (C=O) groups excluding carboxylic acids is 1. The van der Waals surface area contributed by atoms with E-state index >= 15 is 0 Å². The molecule has 1 aromatic carbocycles. The fourth-order valence-electron chi connectivity index (χ4n) is 4.04. The summed E-state index contributed by atoms with van der Waals surface area (Å²) in [5.74, 6) is -3.04. The SMILES string of the molecule is CCN1CC[C@@]2(CN(Cc3ccccc3C#N)CC(F)(F)C2)C1=O. The zero-order chi connectivity index (χ0) is 17.4. The molecule has 6 heteroatoms. The van der Waals surface area contributed by atoms with Crippen molar-refractivity contribution in [3.63, 3.8) is 0 Å². The van der Waals surface area contributed by atoms with Crippen molar-refractivity contribution in [1.29, 1.82) is 5.26 Å². The van der Waals surface area contributed by atoms with Crippen molar-refractivity contribution in [2.75, 3.05) is 26.2 Å². The minimum absolute atomic E-state index is 0.150. The Morgan fingerprint density at radius 2 is 2.04 bits per heavy atom. The molecule has 0 bridgehead atoms. The van der Waals surface area contributed by atoms with Crippen molar-refractivity contribution in [3.8, 4) is 6.07 Å². The van der Waals surface area contributed by atoms with E-state index in [1.165, 1.54) is 0 Å². The number of hydrogen-bond acceptors (Lipinski definition) is 3. The summed E-state index contributed by atoms with van der Waals surface area (Å²) in [4.78, 5) is 15.9. The Bertz CT molecular complexity index is 685. The molecular formula is C18H21F2N3O. The molecule has 1 spiro atoms. The van der Waals surface area contributed by atoms with Crippen LogP contribution in [0.1, 0.15) is 30.9 Å². The Morgan fingerprint density at radius 1 is 1.29 bits per heavy atom. The van der Waals surface area contributed by atoms with Gasteiger partial charge in [0.25, 0.3) is 5.92 Å². The number of carbonyl (C=O) groups is 1. The van der Waals surface area contributed by atoms with Crippen LogP contribution in [-0.4, -0.2) is 47.8 Å². The second-order valence-corrected chi connectivity index (χ2v) is 6.86. The largest absolute Gasteiger partial charge is 0.342 e. The Morgan fingerprint density at radius 3 is 2.71 bits per heavy atom. The Kier molecular flexibility index (Phi) is 4.31. The van der Waals surface area contributed by atoms with Crippen molar-refractivity contribution >= 4 is 5.91 Å². The Labute approximate surface area is 140 Å². The van der Waals surface area contributed by atoms with Gasteiger partial charge in [-0.05, 0) is 25.0 Å². The van der Waals surface area contributed by atoms with Crippen LogP contribution >= 0.6 is 0 Å². The summed E-state index contributed by atoms with van der Waals surface area (Å²) in [6.07, 6.45) is 0.109. The van der Waals surface area contributed by atoms with E-state index in [0.717, 1.165) is 5.56 Å². The van der Waals surface area contributed by atoms with Gasteiger partial charge in [-0.25, -0.2) is 8.78 Å². The van der Waals surface area contributed by atoms with E-state index in [1.54, 1.807) is 34.1 Å². The molecule has 24 heavy (non-hydrogen) atoms. The second kappa shape index (κ2) is 6.14. The van der Waals surface area contributed by atoms with Gasteiger partial charge >= 0.3 is 0 Å². The maximum atomic E-state index is 14.4. The summed E-state index contributed by atoms with van der Waals surface area (Å²) in [5.41, 5.74) is 0.235. The van der Waals surface area contributed by atoms with Crippen LogP contribution in [0.25, 0.3) is 0 Å². The highest BCUT2D eigenvalue weighted by atomic mass is 19.3. The minimum atomic E-state index is -2.89. The average molecular weight is 333 g/mol. The van der Waals surface area contributed by atoms with Gasteiger partial charge in [0.1, 0.15) is 0 Å². The molecular weight excluding hydrogens is 312 g/mol. The predicted molar refractivity (Wildman–Crippen MR) is 85.3 cm³/mol. The smallest absolute Gasteiger partial charge is 0.261 e. The topological polar surface area (TPSA) is 47.3 Å². The van der Waals surface area contributed by atoms with Crippen LogP contribution < -0.4 is 0 Å². The van der Waals surface area contributed by atoms with E-state index in [-0.39, 0.29) is 25.4 Å². The van der Waals surface area contributed by atoms with Gasteiger partial charge in [-0.2, -0.15) is 5.26 Å². The molecule has 2 saturated heterocycles. The summed E-state index contributed by atoms with van der Waals surface area (Å²) >= 11 is 0. The number of nitrogens with zero attached hydrogens (tertiary/aromatic N) is 3. The highest BCUT2D eigenvalue weighted by molar-refractivity contribution is 5.85. The lowest BCUT2D eigenvalue weighted by molar-refractivity contribution is -0.155. The highest BCUT2D eigenvalue weighted by Gasteiger charge is 2.56. The standard InChI is InChI=1S/C18H21F2N3O/c1-2-23-8-7-17(16(23)24)11-18(19,20)13-22(12-17)10-15-6-4-3-5-14(15)9-21/h3-6H,2,7-8,10-13H2,1H3/t17-/m1/s1. The van der Waals surface area contributed by atoms with Crippen LogP contribution in [0, 0.1) is 16.7 Å².